The highest BCUT2D eigenvalue weighted by molar-refractivity contribution is 9.10. The molecule has 5 nitrogen and oxygen atoms in total. The van der Waals surface area contributed by atoms with Crippen molar-refractivity contribution in [2.75, 3.05) is 0 Å². The molecule has 0 bridgehead atoms. The molecule has 0 aromatic heterocycles. The second-order valence-electron chi connectivity index (χ2n) is 5.21. The molecule has 0 aliphatic heterocycles. The lowest BCUT2D eigenvalue weighted by atomic mass is 10.1. The Morgan fingerprint density at radius 3 is 2.38 bits per heavy atom. The Morgan fingerprint density at radius 1 is 1.19 bits per heavy atom. The zero-order chi connectivity index (χ0) is 15.5. The summed E-state index contributed by atoms with van der Waals surface area (Å²) >= 11 is 3.11. The maximum absolute atomic E-state index is 12.1. The average molecular weight is 376 g/mol. The van der Waals surface area contributed by atoms with E-state index in [9.17, 15) is 13.2 Å². The molecule has 0 spiro atoms. The number of carbonyl (C=O) groups excluding carboxylic acids is 1. The fraction of sp³-hybridized carbons (Fsp3) is 0.500. The SMILES string of the molecule is NS(=O)(=O)c1cc(C(=O)OC2CCCCCC2)ccc1Br. The summed E-state index contributed by atoms with van der Waals surface area (Å²) in [6.07, 6.45) is 6.10. The van der Waals surface area contributed by atoms with Gasteiger partial charge >= 0.3 is 5.97 Å². The maximum Gasteiger partial charge on any atom is 0.338 e. The maximum atomic E-state index is 12.1. The van der Waals surface area contributed by atoms with Gasteiger partial charge in [0, 0.05) is 4.47 Å². The van der Waals surface area contributed by atoms with Gasteiger partial charge in [0.2, 0.25) is 10.0 Å². The van der Waals surface area contributed by atoms with Gasteiger partial charge in [-0.2, -0.15) is 0 Å². The van der Waals surface area contributed by atoms with Crippen LogP contribution in [0.1, 0.15) is 48.9 Å². The van der Waals surface area contributed by atoms with Gasteiger partial charge in [-0.05, 0) is 59.8 Å². The Hall–Kier alpha value is -0.920. The number of nitrogens with two attached hydrogens (primary N) is 1. The minimum atomic E-state index is -3.88. The van der Waals surface area contributed by atoms with Gasteiger partial charge in [-0.15, -0.1) is 0 Å². The van der Waals surface area contributed by atoms with Crippen LogP contribution in [-0.2, 0) is 14.8 Å². The largest absolute Gasteiger partial charge is 0.459 e. The number of hydrogen-bond acceptors (Lipinski definition) is 4. The number of esters is 1. The van der Waals surface area contributed by atoms with E-state index in [4.69, 9.17) is 9.88 Å². The number of halogens is 1. The first-order valence-corrected chi connectivity index (χ1v) is 9.25. The third-order valence-electron chi connectivity index (χ3n) is 3.55. The first-order chi connectivity index (χ1) is 9.88. The summed E-state index contributed by atoms with van der Waals surface area (Å²) in [7, 11) is -3.88. The molecule has 0 amide bonds. The topological polar surface area (TPSA) is 86.5 Å². The van der Waals surface area contributed by atoms with E-state index >= 15 is 0 Å². The third-order valence-corrected chi connectivity index (χ3v) is 5.45. The highest BCUT2D eigenvalue weighted by atomic mass is 79.9. The molecule has 1 aliphatic carbocycles. The quantitative estimate of drug-likeness (QED) is 0.649. The predicted octanol–water partition coefficient (Wildman–Crippen LogP) is 2.98. The van der Waals surface area contributed by atoms with Gasteiger partial charge in [-0.25, -0.2) is 18.4 Å². The van der Waals surface area contributed by atoms with E-state index in [2.05, 4.69) is 15.9 Å². The van der Waals surface area contributed by atoms with E-state index in [0.717, 1.165) is 25.7 Å². The van der Waals surface area contributed by atoms with E-state index in [1.54, 1.807) is 0 Å². The van der Waals surface area contributed by atoms with E-state index < -0.39 is 16.0 Å². The highest BCUT2D eigenvalue weighted by Crippen LogP contribution is 2.24. The van der Waals surface area contributed by atoms with E-state index in [0.29, 0.717) is 4.47 Å². The van der Waals surface area contributed by atoms with Crippen molar-refractivity contribution in [3.63, 3.8) is 0 Å². The number of primary sulfonamides is 1. The van der Waals surface area contributed by atoms with Crippen molar-refractivity contribution in [1.29, 1.82) is 0 Å². The molecule has 1 aromatic rings. The van der Waals surface area contributed by atoms with Crippen molar-refractivity contribution in [1.82, 2.24) is 0 Å². The van der Waals surface area contributed by atoms with Crippen LogP contribution in [0.15, 0.2) is 27.6 Å². The van der Waals surface area contributed by atoms with Gasteiger partial charge in [0.15, 0.2) is 0 Å². The Kier molecular flexibility index (Phi) is 5.40. The van der Waals surface area contributed by atoms with Crippen LogP contribution in [0.25, 0.3) is 0 Å². The number of benzene rings is 1. The first-order valence-electron chi connectivity index (χ1n) is 6.91. The summed E-state index contributed by atoms with van der Waals surface area (Å²) in [6, 6.07) is 4.26. The lowest BCUT2D eigenvalue weighted by Crippen LogP contribution is -2.19. The van der Waals surface area contributed by atoms with Crippen molar-refractivity contribution in [3.05, 3.63) is 28.2 Å². The molecule has 2 N–H and O–H groups in total. The summed E-state index contributed by atoms with van der Waals surface area (Å²) in [5, 5.41) is 5.12. The Labute approximate surface area is 133 Å². The van der Waals surface area contributed by atoms with Crippen molar-refractivity contribution >= 4 is 31.9 Å². The van der Waals surface area contributed by atoms with Crippen molar-refractivity contribution in [2.24, 2.45) is 5.14 Å². The summed E-state index contributed by atoms with van der Waals surface area (Å²) < 4.78 is 28.7. The Balaban J connectivity index is 2.16. The number of hydrogen-bond donors (Lipinski definition) is 1. The van der Waals surface area contributed by atoms with Gasteiger partial charge in [-0.1, -0.05) is 12.8 Å². The molecule has 21 heavy (non-hydrogen) atoms. The standard InChI is InChI=1S/C14H18BrNO4S/c15-12-8-7-10(9-13(12)21(16,18)19)14(17)20-11-5-3-1-2-4-6-11/h7-9,11H,1-6H2,(H2,16,18,19). The Bertz CT molecular complexity index is 622. The van der Waals surface area contributed by atoms with Crippen molar-refractivity contribution in [2.45, 2.75) is 49.5 Å². The van der Waals surface area contributed by atoms with Crippen LogP contribution in [0.5, 0.6) is 0 Å². The van der Waals surface area contributed by atoms with Crippen LogP contribution in [0.3, 0.4) is 0 Å². The second-order valence-corrected chi connectivity index (χ2v) is 7.59. The molecule has 0 heterocycles. The minimum absolute atomic E-state index is 0.0819. The van der Waals surface area contributed by atoms with Crippen LogP contribution in [0.2, 0.25) is 0 Å². The minimum Gasteiger partial charge on any atom is -0.459 e. The van der Waals surface area contributed by atoms with Crippen LogP contribution in [-0.4, -0.2) is 20.5 Å². The second kappa shape index (κ2) is 6.89. The molecule has 1 aliphatic rings. The molecule has 1 aromatic carbocycles. The summed E-state index contributed by atoms with van der Waals surface area (Å²) in [4.78, 5) is 12.0. The number of ether oxygens (including phenoxy) is 1. The van der Waals surface area contributed by atoms with Crippen LogP contribution in [0.4, 0.5) is 0 Å². The summed E-state index contributed by atoms with van der Waals surface area (Å²) in [6.45, 7) is 0. The van der Waals surface area contributed by atoms with Crippen LogP contribution < -0.4 is 5.14 Å². The van der Waals surface area contributed by atoms with E-state index in [1.165, 1.54) is 31.0 Å². The van der Waals surface area contributed by atoms with Gasteiger partial charge in [0.25, 0.3) is 0 Å². The van der Waals surface area contributed by atoms with Crippen molar-refractivity contribution < 1.29 is 17.9 Å². The number of carbonyl (C=O) groups is 1. The van der Waals surface area contributed by atoms with Gasteiger partial charge in [0.05, 0.1) is 10.5 Å². The molecule has 7 heteroatoms. The normalized spacial score (nSPS) is 17.2. The molecule has 1 saturated carbocycles. The van der Waals surface area contributed by atoms with Crippen molar-refractivity contribution in [3.8, 4) is 0 Å². The molecule has 116 valence electrons. The molecule has 2 rings (SSSR count). The molecule has 0 saturated heterocycles. The monoisotopic (exact) mass is 375 g/mol. The summed E-state index contributed by atoms with van der Waals surface area (Å²) in [5.41, 5.74) is 0.200. The van der Waals surface area contributed by atoms with Crippen LogP contribution in [0, 0.1) is 0 Å². The molecule has 0 radical (unpaired) electrons. The van der Waals surface area contributed by atoms with Gasteiger partial charge in [0.1, 0.15) is 6.10 Å². The van der Waals surface area contributed by atoms with Gasteiger partial charge in [-0.3, -0.25) is 0 Å². The van der Waals surface area contributed by atoms with E-state index in [1.807, 2.05) is 0 Å². The molecular formula is C14H18BrNO4S. The fourth-order valence-corrected chi connectivity index (χ4v) is 3.98. The zero-order valence-electron chi connectivity index (χ0n) is 11.5. The molecule has 1 fully saturated rings. The van der Waals surface area contributed by atoms with Crippen LogP contribution >= 0.6 is 15.9 Å². The lowest BCUT2D eigenvalue weighted by Gasteiger charge is -2.15. The average Bonchev–Trinajstić information content (AvgIpc) is 2.66. The zero-order valence-corrected chi connectivity index (χ0v) is 14.0. The number of sulfonamides is 1. The smallest absolute Gasteiger partial charge is 0.338 e. The summed E-state index contributed by atoms with van der Waals surface area (Å²) in [5.74, 6) is -0.501. The lowest BCUT2D eigenvalue weighted by molar-refractivity contribution is 0.0267. The molecule has 0 atom stereocenters. The van der Waals surface area contributed by atoms with Gasteiger partial charge < -0.3 is 4.74 Å². The molecule has 0 unspecified atom stereocenters. The van der Waals surface area contributed by atoms with E-state index in [-0.39, 0.29) is 16.6 Å². The predicted molar refractivity (Wildman–Crippen MR) is 82.4 cm³/mol. The highest BCUT2D eigenvalue weighted by Gasteiger charge is 2.20. The Morgan fingerprint density at radius 2 is 1.81 bits per heavy atom. The number of rotatable bonds is 3. The first kappa shape index (κ1) is 16.5. The molecular weight excluding hydrogens is 358 g/mol. The third kappa shape index (κ3) is 4.52. The fourth-order valence-electron chi connectivity index (χ4n) is 2.43.